The van der Waals surface area contributed by atoms with E-state index >= 15 is 0 Å². The summed E-state index contributed by atoms with van der Waals surface area (Å²) in [5, 5.41) is 0.799. The van der Waals surface area contributed by atoms with E-state index in [2.05, 4.69) is 9.97 Å². The predicted octanol–water partition coefficient (Wildman–Crippen LogP) is 5.28. The SMILES string of the molecule is O=C(CSc1[nH]c(-c2ccccc2)c(-c2ccccc2)[nH+]1)c1ccc(F)cc1. The average Bonchev–Trinajstić information content (AvgIpc) is 3.18. The average molecular weight is 389 g/mol. The number of halogens is 1. The van der Waals surface area contributed by atoms with Gasteiger partial charge in [-0.1, -0.05) is 60.7 Å². The maximum absolute atomic E-state index is 13.0. The molecule has 0 aliphatic rings. The lowest BCUT2D eigenvalue weighted by Gasteiger charge is -1.98. The first-order chi connectivity index (χ1) is 13.7. The first-order valence-electron chi connectivity index (χ1n) is 8.88. The molecule has 28 heavy (non-hydrogen) atoms. The van der Waals surface area contributed by atoms with Crippen molar-refractivity contribution in [2.45, 2.75) is 5.16 Å². The topological polar surface area (TPSA) is 47.0 Å². The highest BCUT2D eigenvalue weighted by Crippen LogP contribution is 2.29. The van der Waals surface area contributed by atoms with Gasteiger partial charge in [0.1, 0.15) is 5.82 Å². The molecule has 0 aliphatic heterocycles. The lowest BCUT2D eigenvalue weighted by molar-refractivity contribution is -0.413. The van der Waals surface area contributed by atoms with Gasteiger partial charge in [-0.3, -0.25) is 4.79 Å². The molecule has 3 nitrogen and oxygen atoms in total. The van der Waals surface area contributed by atoms with Gasteiger partial charge in [0.05, 0.1) is 5.75 Å². The third-order valence-electron chi connectivity index (χ3n) is 4.37. The maximum Gasteiger partial charge on any atom is 0.314 e. The van der Waals surface area contributed by atoms with Gasteiger partial charge in [-0.15, -0.1) is 0 Å². The van der Waals surface area contributed by atoms with Gasteiger partial charge in [0.2, 0.25) is 0 Å². The monoisotopic (exact) mass is 389 g/mol. The number of hydrogen-bond acceptors (Lipinski definition) is 2. The van der Waals surface area contributed by atoms with Crippen LogP contribution in [0.1, 0.15) is 10.4 Å². The quantitative estimate of drug-likeness (QED) is 0.360. The van der Waals surface area contributed by atoms with Crippen molar-refractivity contribution in [3.8, 4) is 22.5 Å². The van der Waals surface area contributed by atoms with Crippen molar-refractivity contribution in [3.63, 3.8) is 0 Å². The molecule has 0 radical (unpaired) electrons. The number of Topliss-reactive ketones (excluding diaryl/α,β-unsaturated/α-hetero) is 1. The molecule has 0 fully saturated rings. The van der Waals surface area contributed by atoms with Gasteiger partial charge in [0.15, 0.2) is 17.2 Å². The molecule has 4 aromatic rings. The zero-order chi connectivity index (χ0) is 19.3. The van der Waals surface area contributed by atoms with E-state index in [1.165, 1.54) is 36.0 Å². The zero-order valence-electron chi connectivity index (χ0n) is 15.0. The molecule has 4 rings (SSSR count). The van der Waals surface area contributed by atoms with Crippen LogP contribution in [0, 0.1) is 5.82 Å². The molecule has 0 spiro atoms. The summed E-state index contributed by atoms with van der Waals surface area (Å²) >= 11 is 1.40. The Labute approximate surface area is 166 Å². The third kappa shape index (κ3) is 4.05. The molecule has 1 aromatic heterocycles. The number of carbonyl (C=O) groups is 1. The van der Waals surface area contributed by atoms with Crippen molar-refractivity contribution in [2.75, 3.05) is 5.75 Å². The van der Waals surface area contributed by atoms with E-state index in [1.54, 1.807) is 0 Å². The Morgan fingerprint density at radius 1 is 0.857 bits per heavy atom. The Balaban J connectivity index is 1.60. The standard InChI is InChI=1S/C23H17FN2OS/c24-19-13-11-16(12-14-19)20(27)15-28-23-25-21(17-7-3-1-4-8-17)22(26-23)18-9-5-2-6-10-18/h1-14H,15H2,(H,25,26)/p+1. The lowest BCUT2D eigenvalue weighted by atomic mass is 10.1. The summed E-state index contributed by atoms with van der Waals surface area (Å²) in [5.74, 6) is -0.136. The van der Waals surface area contributed by atoms with Crippen LogP contribution in [0.25, 0.3) is 22.5 Å². The Morgan fingerprint density at radius 2 is 1.46 bits per heavy atom. The smallest absolute Gasteiger partial charge is 0.293 e. The van der Waals surface area contributed by atoms with Crippen molar-refractivity contribution in [1.82, 2.24) is 4.98 Å². The van der Waals surface area contributed by atoms with Crippen molar-refractivity contribution >= 4 is 17.5 Å². The summed E-state index contributed by atoms with van der Waals surface area (Å²) < 4.78 is 13.0. The molecule has 0 saturated heterocycles. The van der Waals surface area contributed by atoms with Crippen LogP contribution in [-0.2, 0) is 0 Å². The molecule has 1 heterocycles. The second kappa shape index (κ2) is 8.23. The molecule has 0 unspecified atom stereocenters. The van der Waals surface area contributed by atoms with Crippen LogP contribution in [0.3, 0.4) is 0 Å². The van der Waals surface area contributed by atoms with Crippen LogP contribution in [0.2, 0.25) is 0 Å². The Kier molecular flexibility index (Phi) is 5.35. The fourth-order valence-corrected chi connectivity index (χ4v) is 3.75. The van der Waals surface area contributed by atoms with Gasteiger partial charge < -0.3 is 0 Å². The largest absolute Gasteiger partial charge is 0.314 e. The van der Waals surface area contributed by atoms with E-state index in [-0.39, 0.29) is 17.4 Å². The highest BCUT2D eigenvalue weighted by atomic mass is 32.2. The van der Waals surface area contributed by atoms with E-state index in [0.29, 0.717) is 5.56 Å². The minimum Gasteiger partial charge on any atom is -0.293 e. The van der Waals surface area contributed by atoms with Crippen LogP contribution in [-0.4, -0.2) is 16.5 Å². The van der Waals surface area contributed by atoms with Crippen molar-refractivity contribution in [1.29, 1.82) is 0 Å². The van der Waals surface area contributed by atoms with Gasteiger partial charge in [-0.05, 0) is 36.0 Å². The molecular formula is C23H18FN2OS+. The highest BCUT2D eigenvalue weighted by molar-refractivity contribution is 7.99. The zero-order valence-corrected chi connectivity index (χ0v) is 15.8. The lowest BCUT2D eigenvalue weighted by Crippen LogP contribution is -2.08. The number of carbonyl (C=O) groups excluding carboxylic acids is 1. The predicted molar refractivity (Wildman–Crippen MR) is 110 cm³/mol. The van der Waals surface area contributed by atoms with Gasteiger partial charge in [0, 0.05) is 16.7 Å². The van der Waals surface area contributed by atoms with Gasteiger partial charge in [0.25, 0.3) is 0 Å². The van der Waals surface area contributed by atoms with Crippen molar-refractivity contribution < 1.29 is 14.2 Å². The van der Waals surface area contributed by atoms with E-state index < -0.39 is 0 Å². The van der Waals surface area contributed by atoms with Crippen molar-refractivity contribution in [3.05, 3.63) is 96.3 Å². The minimum atomic E-state index is -0.345. The molecule has 0 saturated carbocycles. The number of H-pyrrole nitrogens is 2. The second-order valence-electron chi connectivity index (χ2n) is 6.28. The summed E-state index contributed by atoms with van der Waals surface area (Å²) in [7, 11) is 0. The summed E-state index contributed by atoms with van der Waals surface area (Å²) in [4.78, 5) is 19.2. The summed E-state index contributed by atoms with van der Waals surface area (Å²) in [6, 6.07) is 25.8. The van der Waals surface area contributed by atoms with Gasteiger partial charge >= 0.3 is 5.16 Å². The number of rotatable bonds is 6. The van der Waals surface area contributed by atoms with Gasteiger partial charge in [-0.2, -0.15) is 0 Å². The van der Waals surface area contributed by atoms with Crippen LogP contribution >= 0.6 is 11.8 Å². The number of hydrogen-bond donors (Lipinski definition) is 1. The Morgan fingerprint density at radius 3 is 2.11 bits per heavy atom. The molecular weight excluding hydrogens is 371 g/mol. The van der Waals surface area contributed by atoms with Crippen LogP contribution in [0.4, 0.5) is 4.39 Å². The normalized spacial score (nSPS) is 10.8. The number of aromatic nitrogens is 2. The number of benzene rings is 3. The van der Waals surface area contributed by atoms with E-state index in [1.807, 2.05) is 60.7 Å². The van der Waals surface area contributed by atoms with Crippen molar-refractivity contribution in [2.24, 2.45) is 0 Å². The number of imidazole rings is 1. The van der Waals surface area contributed by atoms with E-state index in [9.17, 15) is 9.18 Å². The fraction of sp³-hybridized carbons (Fsp3) is 0.0435. The van der Waals surface area contributed by atoms with Crippen LogP contribution in [0.15, 0.2) is 90.1 Å². The van der Waals surface area contributed by atoms with E-state index in [4.69, 9.17) is 0 Å². The molecule has 3 aromatic carbocycles. The number of aromatic amines is 2. The van der Waals surface area contributed by atoms with Gasteiger partial charge in [-0.25, -0.2) is 14.4 Å². The summed E-state index contributed by atoms with van der Waals surface area (Å²) in [6.07, 6.45) is 0. The third-order valence-corrected chi connectivity index (χ3v) is 5.27. The first kappa shape index (κ1) is 18.2. The first-order valence-corrected chi connectivity index (χ1v) is 9.87. The highest BCUT2D eigenvalue weighted by Gasteiger charge is 2.21. The Bertz CT molecular complexity index is 1020. The second-order valence-corrected chi connectivity index (χ2v) is 7.27. The molecule has 5 heteroatoms. The van der Waals surface area contributed by atoms with Crippen LogP contribution < -0.4 is 4.98 Å². The number of thioether (sulfide) groups is 1. The molecule has 0 bridgehead atoms. The maximum atomic E-state index is 13.0. The van der Waals surface area contributed by atoms with E-state index in [0.717, 1.165) is 27.7 Å². The molecule has 138 valence electrons. The van der Waals surface area contributed by atoms with Crippen LogP contribution in [0.5, 0.6) is 0 Å². The molecule has 2 N–H and O–H groups in total. The number of ketones is 1. The number of nitrogens with one attached hydrogen (secondary N) is 2. The minimum absolute atomic E-state index is 0.0458. The fourth-order valence-electron chi connectivity index (χ4n) is 2.95. The Hall–Kier alpha value is -3.18. The molecule has 0 amide bonds. The molecule has 0 atom stereocenters. The molecule has 0 aliphatic carbocycles. The summed E-state index contributed by atoms with van der Waals surface area (Å²) in [5.41, 5.74) is 4.59. The summed E-state index contributed by atoms with van der Waals surface area (Å²) in [6.45, 7) is 0.